The van der Waals surface area contributed by atoms with Crippen molar-refractivity contribution >= 4 is 5.95 Å². The summed E-state index contributed by atoms with van der Waals surface area (Å²) < 4.78 is 5.88. The fraction of sp³-hybridized carbons (Fsp3) is 0.667. The molecule has 1 fully saturated rings. The molecule has 1 heterocycles. The Bertz CT molecular complexity index is 343. The van der Waals surface area contributed by atoms with E-state index in [-0.39, 0.29) is 0 Å². The molecule has 88 valence electrons. The summed E-state index contributed by atoms with van der Waals surface area (Å²) in [5, 5.41) is 2.91. The maximum atomic E-state index is 5.88. The van der Waals surface area contributed by atoms with Crippen LogP contribution in [0.25, 0.3) is 0 Å². The van der Waals surface area contributed by atoms with Gasteiger partial charge in [-0.25, -0.2) is 4.98 Å². The smallest absolute Gasteiger partial charge is 0.225 e. The molecule has 1 aliphatic rings. The van der Waals surface area contributed by atoms with Gasteiger partial charge in [0.25, 0.3) is 0 Å². The van der Waals surface area contributed by atoms with Crippen molar-refractivity contribution in [3.8, 4) is 5.88 Å². The molecule has 1 aromatic heterocycles. The molecule has 4 nitrogen and oxygen atoms in total. The molecule has 1 aliphatic carbocycles. The summed E-state index contributed by atoms with van der Waals surface area (Å²) in [7, 11) is 1.81. The second-order valence-corrected chi connectivity index (χ2v) is 4.48. The van der Waals surface area contributed by atoms with E-state index in [1.54, 1.807) is 6.20 Å². The Balaban J connectivity index is 1.97. The zero-order valence-corrected chi connectivity index (χ0v) is 9.94. The number of hydrogen-bond acceptors (Lipinski definition) is 4. The molecule has 1 N–H and O–H groups in total. The minimum absolute atomic E-state index is 0.323. The van der Waals surface area contributed by atoms with Crippen molar-refractivity contribution in [1.82, 2.24) is 9.97 Å². The first-order chi connectivity index (χ1) is 7.78. The molecule has 16 heavy (non-hydrogen) atoms. The van der Waals surface area contributed by atoms with Gasteiger partial charge in [-0.3, -0.25) is 0 Å². The van der Waals surface area contributed by atoms with Crippen LogP contribution in [0.4, 0.5) is 5.95 Å². The number of nitrogens with zero attached hydrogens (tertiary/aromatic N) is 2. The van der Waals surface area contributed by atoms with Gasteiger partial charge in [-0.05, 0) is 25.2 Å². The molecule has 2 unspecified atom stereocenters. The van der Waals surface area contributed by atoms with Gasteiger partial charge in [0.1, 0.15) is 6.10 Å². The Morgan fingerprint density at radius 2 is 2.31 bits per heavy atom. The molecule has 0 aromatic carbocycles. The van der Waals surface area contributed by atoms with Gasteiger partial charge in [0.2, 0.25) is 11.8 Å². The van der Waals surface area contributed by atoms with E-state index < -0.39 is 0 Å². The highest BCUT2D eigenvalue weighted by molar-refractivity contribution is 5.26. The molecule has 0 spiro atoms. The Kier molecular flexibility index (Phi) is 3.59. The standard InChI is InChI=1S/C12H19N3O/c1-9-4-3-5-10(8-9)16-11-6-7-14-12(13-2)15-11/h6-7,9-10H,3-5,8H2,1-2H3,(H,13,14,15). The average molecular weight is 221 g/mol. The van der Waals surface area contributed by atoms with E-state index in [1.807, 2.05) is 13.1 Å². The zero-order valence-electron chi connectivity index (χ0n) is 9.94. The van der Waals surface area contributed by atoms with Crippen LogP contribution in [-0.4, -0.2) is 23.1 Å². The third kappa shape index (κ3) is 2.84. The van der Waals surface area contributed by atoms with Gasteiger partial charge in [0.15, 0.2) is 0 Å². The molecule has 2 atom stereocenters. The maximum Gasteiger partial charge on any atom is 0.225 e. The molecule has 4 heteroatoms. The summed E-state index contributed by atoms with van der Waals surface area (Å²) in [5.41, 5.74) is 0. The van der Waals surface area contributed by atoms with Crippen molar-refractivity contribution in [1.29, 1.82) is 0 Å². The first kappa shape index (κ1) is 11.2. The topological polar surface area (TPSA) is 47.0 Å². The van der Waals surface area contributed by atoms with Crippen molar-refractivity contribution < 1.29 is 4.74 Å². The van der Waals surface area contributed by atoms with E-state index in [4.69, 9.17) is 4.74 Å². The molecule has 1 aromatic rings. The minimum atomic E-state index is 0.323. The van der Waals surface area contributed by atoms with Gasteiger partial charge < -0.3 is 10.1 Å². The predicted molar refractivity (Wildman–Crippen MR) is 63.6 cm³/mol. The summed E-state index contributed by atoms with van der Waals surface area (Å²) in [4.78, 5) is 8.33. The third-order valence-corrected chi connectivity index (χ3v) is 3.03. The molecular formula is C12H19N3O. The van der Waals surface area contributed by atoms with Crippen molar-refractivity contribution in [2.24, 2.45) is 5.92 Å². The van der Waals surface area contributed by atoms with Crippen LogP contribution in [0.5, 0.6) is 5.88 Å². The summed E-state index contributed by atoms with van der Waals surface area (Å²) in [6.07, 6.45) is 6.91. The van der Waals surface area contributed by atoms with Gasteiger partial charge in [-0.1, -0.05) is 13.3 Å². The lowest BCUT2D eigenvalue weighted by Crippen LogP contribution is -2.24. The van der Waals surface area contributed by atoms with Crippen LogP contribution >= 0.6 is 0 Å². The summed E-state index contributed by atoms with van der Waals surface area (Å²) in [5.74, 6) is 2.06. The Labute approximate surface area is 96.4 Å². The van der Waals surface area contributed by atoms with Crippen LogP contribution in [0.3, 0.4) is 0 Å². The maximum absolute atomic E-state index is 5.88. The molecule has 0 radical (unpaired) electrons. The summed E-state index contributed by atoms with van der Waals surface area (Å²) in [6.45, 7) is 2.29. The molecule has 2 rings (SSSR count). The number of nitrogens with one attached hydrogen (secondary N) is 1. The van der Waals surface area contributed by atoms with E-state index in [0.29, 0.717) is 17.9 Å². The first-order valence-electron chi connectivity index (χ1n) is 5.95. The van der Waals surface area contributed by atoms with Crippen LogP contribution in [-0.2, 0) is 0 Å². The molecule has 0 saturated heterocycles. The van der Waals surface area contributed by atoms with Crippen LogP contribution < -0.4 is 10.1 Å². The third-order valence-electron chi connectivity index (χ3n) is 3.03. The first-order valence-corrected chi connectivity index (χ1v) is 5.95. The molecule has 0 amide bonds. The number of anilines is 1. The Morgan fingerprint density at radius 1 is 1.44 bits per heavy atom. The number of aromatic nitrogens is 2. The highest BCUT2D eigenvalue weighted by Crippen LogP contribution is 2.26. The van der Waals surface area contributed by atoms with Crippen LogP contribution in [0.2, 0.25) is 0 Å². The van der Waals surface area contributed by atoms with E-state index >= 15 is 0 Å². The van der Waals surface area contributed by atoms with Gasteiger partial charge in [0.05, 0.1) is 0 Å². The van der Waals surface area contributed by atoms with E-state index in [0.717, 1.165) is 18.8 Å². The van der Waals surface area contributed by atoms with Gasteiger partial charge in [0, 0.05) is 19.3 Å². The number of hydrogen-bond donors (Lipinski definition) is 1. The normalized spacial score (nSPS) is 25.1. The SMILES string of the molecule is CNc1nccc(OC2CCCC(C)C2)n1. The lowest BCUT2D eigenvalue weighted by molar-refractivity contribution is 0.124. The lowest BCUT2D eigenvalue weighted by Gasteiger charge is -2.26. The van der Waals surface area contributed by atoms with Crippen molar-refractivity contribution in [2.45, 2.75) is 38.7 Å². The second kappa shape index (κ2) is 5.14. The van der Waals surface area contributed by atoms with Crippen molar-refractivity contribution in [3.05, 3.63) is 12.3 Å². The fourth-order valence-corrected chi connectivity index (χ4v) is 2.18. The zero-order chi connectivity index (χ0) is 11.4. The van der Waals surface area contributed by atoms with Crippen molar-refractivity contribution in [2.75, 3.05) is 12.4 Å². The molecule has 0 bridgehead atoms. The highest BCUT2D eigenvalue weighted by atomic mass is 16.5. The molecular weight excluding hydrogens is 202 g/mol. The Morgan fingerprint density at radius 3 is 3.06 bits per heavy atom. The number of ether oxygens (including phenoxy) is 1. The van der Waals surface area contributed by atoms with E-state index in [9.17, 15) is 0 Å². The monoisotopic (exact) mass is 221 g/mol. The van der Waals surface area contributed by atoms with Gasteiger partial charge in [-0.15, -0.1) is 0 Å². The average Bonchev–Trinajstić information content (AvgIpc) is 2.29. The second-order valence-electron chi connectivity index (χ2n) is 4.48. The van der Waals surface area contributed by atoms with Crippen molar-refractivity contribution in [3.63, 3.8) is 0 Å². The van der Waals surface area contributed by atoms with Gasteiger partial charge >= 0.3 is 0 Å². The molecule has 0 aliphatic heterocycles. The van der Waals surface area contributed by atoms with Crippen LogP contribution in [0.15, 0.2) is 12.3 Å². The predicted octanol–water partition coefficient (Wildman–Crippen LogP) is 2.48. The minimum Gasteiger partial charge on any atom is -0.474 e. The highest BCUT2D eigenvalue weighted by Gasteiger charge is 2.20. The van der Waals surface area contributed by atoms with Crippen LogP contribution in [0.1, 0.15) is 32.6 Å². The summed E-state index contributed by atoms with van der Waals surface area (Å²) in [6, 6.07) is 1.82. The quantitative estimate of drug-likeness (QED) is 0.851. The summed E-state index contributed by atoms with van der Waals surface area (Å²) >= 11 is 0. The van der Waals surface area contributed by atoms with E-state index in [2.05, 4.69) is 22.2 Å². The number of rotatable bonds is 3. The lowest BCUT2D eigenvalue weighted by atomic mass is 9.89. The van der Waals surface area contributed by atoms with E-state index in [1.165, 1.54) is 12.8 Å². The largest absolute Gasteiger partial charge is 0.474 e. The van der Waals surface area contributed by atoms with Crippen LogP contribution in [0, 0.1) is 5.92 Å². The fourth-order valence-electron chi connectivity index (χ4n) is 2.18. The molecule has 1 saturated carbocycles. The van der Waals surface area contributed by atoms with Gasteiger partial charge in [-0.2, -0.15) is 4.98 Å². The Hall–Kier alpha value is -1.32.